The highest BCUT2D eigenvalue weighted by Crippen LogP contribution is 2.32. The Morgan fingerprint density at radius 3 is 2.23 bits per heavy atom. The molecule has 0 fully saturated rings. The van der Waals surface area contributed by atoms with Crippen LogP contribution in [0.4, 0.5) is 18.9 Å². The molecule has 0 spiro atoms. The summed E-state index contributed by atoms with van der Waals surface area (Å²) in [7, 11) is -3.96. The van der Waals surface area contributed by atoms with Crippen LogP contribution in [0.15, 0.2) is 42.5 Å². The lowest BCUT2D eigenvalue weighted by Crippen LogP contribution is -2.53. The van der Waals surface area contributed by atoms with Crippen LogP contribution in [0.5, 0.6) is 0 Å². The molecule has 7 nitrogen and oxygen atoms in total. The number of anilines is 1. The second-order valence-electron chi connectivity index (χ2n) is 10.4. The number of sulfonamides is 1. The van der Waals surface area contributed by atoms with Gasteiger partial charge in [-0.2, -0.15) is 13.2 Å². The quantitative estimate of drug-likeness (QED) is 0.319. The zero-order chi connectivity index (χ0) is 30.5. The van der Waals surface area contributed by atoms with Crippen molar-refractivity contribution in [3.63, 3.8) is 0 Å². The summed E-state index contributed by atoms with van der Waals surface area (Å²) in [5.41, 5.74) is -1.15. The van der Waals surface area contributed by atoms with E-state index >= 15 is 0 Å². The highest BCUT2D eigenvalue weighted by atomic mass is 35.5. The summed E-state index contributed by atoms with van der Waals surface area (Å²) in [5.74, 6) is -0.811. The van der Waals surface area contributed by atoms with E-state index in [0.717, 1.165) is 28.8 Å². The molecular weight excluding hydrogens is 590 g/mol. The largest absolute Gasteiger partial charge is 0.416 e. The maximum Gasteiger partial charge on any atom is 0.416 e. The third-order valence-electron chi connectivity index (χ3n) is 5.85. The number of nitrogens with one attached hydrogen (secondary N) is 1. The smallest absolute Gasteiger partial charge is 0.350 e. The van der Waals surface area contributed by atoms with Gasteiger partial charge in [-0.1, -0.05) is 42.3 Å². The van der Waals surface area contributed by atoms with Crippen LogP contribution in [0, 0.1) is 0 Å². The van der Waals surface area contributed by atoms with E-state index in [1.54, 1.807) is 19.1 Å². The summed E-state index contributed by atoms with van der Waals surface area (Å²) < 4.78 is 65.4. The van der Waals surface area contributed by atoms with E-state index in [2.05, 4.69) is 5.32 Å². The predicted octanol–water partition coefficient (Wildman–Crippen LogP) is 6.28. The molecule has 1 atom stereocenters. The van der Waals surface area contributed by atoms with E-state index in [4.69, 9.17) is 23.2 Å². The van der Waals surface area contributed by atoms with Crippen molar-refractivity contribution in [2.24, 2.45) is 0 Å². The first-order valence-corrected chi connectivity index (χ1v) is 15.1. The molecule has 0 radical (unpaired) electrons. The summed E-state index contributed by atoms with van der Waals surface area (Å²) >= 11 is 12.3. The molecule has 40 heavy (non-hydrogen) atoms. The van der Waals surface area contributed by atoms with E-state index < -0.39 is 39.3 Å². The standard InChI is InChI=1S/C27H34Cl2F3N3O4S/c1-6-23(25(37)33-26(2,3)4)34(17-18-12-13-20(28)16-22(18)29)24(36)11-8-14-35(40(5,38)39)21-10-7-9-19(15-21)27(30,31)32/h7,9-10,12-13,15-16,23H,6,8,11,14,17H2,1-5H3,(H,33,37)/t23-/m0/s1. The normalized spacial score (nSPS) is 13.1. The van der Waals surface area contributed by atoms with Crippen molar-refractivity contribution in [3.8, 4) is 0 Å². The van der Waals surface area contributed by atoms with Gasteiger partial charge >= 0.3 is 6.18 Å². The van der Waals surface area contributed by atoms with E-state index in [-0.39, 0.29) is 37.5 Å². The molecule has 0 aliphatic heterocycles. The van der Waals surface area contributed by atoms with Crippen molar-refractivity contribution in [1.82, 2.24) is 10.2 Å². The predicted molar refractivity (Wildman–Crippen MR) is 152 cm³/mol. The van der Waals surface area contributed by atoms with E-state index in [9.17, 15) is 31.2 Å². The van der Waals surface area contributed by atoms with Gasteiger partial charge in [0, 0.05) is 35.1 Å². The van der Waals surface area contributed by atoms with Crippen LogP contribution in [0.25, 0.3) is 0 Å². The molecule has 13 heteroatoms. The van der Waals surface area contributed by atoms with Crippen LogP contribution in [-0.2, 0) is 32.3 Å². The first-order chi connectivity index (χ1) is 18.3. The molecule has 0 heterocycles. The molecule has 2 aromatic rings. The average Bonchev–Trinajstić information content (AvgIpc) is 2.80. The fourth-order valence-corrected chi connectivity index (χ4v) is 5.47. The summed E-state index contributed by atoms with van der Waals surface area (Å²) in [6, 6.07) is 7.92. The lowest BCUT2D eigenvalue weighted by molar-refractivity contribution is -0.142. The van der Waals surface area contributed by atoms with Gasteiger partial charge in [-0.05, 0) is 69.5 Å². The Morgan fingerprint density at radius 2 is 1.70 bits per heavy atom. The number of alkyl halides is 3. The van der Waals surface area contributed by atoms with Gasteiger partial charge in [-0.25, -0.2) is 8.42 Å². The summed E-state index contributed by atoms with van der Waals surface area (Å²) in [6.07, 6.45) is -3.66. The van der Waals surface area contributed by atoms with Crippen LogP contribution in [-0.4, -0.2) is 49.5 Å². The Balaban J connectivity index is 2.32. The molecule has 222 valence electrons. The van der Waals surface area contributed by atoms with Gasteiger partial charge in [-0.15, -0.1) is 0 Å². The minimum Gasteiger partial charge on any atom is -0.350 e. The molecule has 0 bridgehead atoms. The molecule has 0 aromatic heterocycles. The minimum atomic E-state index is -4.65. The number of amides is 2. The SMILES string of the molecule is CC[C@@H](C(=O)NC(C)(C)C)N(Cc1ccc(Cl)cc1Cl)C(=O)CCCN(c1cccc(C(F)(F)F)c1)S(C)(=O)=O. The van der Waals surface area contributed by atoms with Gasteiger partial charge in [0.1, 0.15) is 6.04 Å². The second-order valence-corrected chi connectivity index (χ2v) is 13.2. The molecule has 2 amide bonds. The number of carbonyl (C=O) groups excluding carboxylic acids is 2. The van der Waals surface area contributed by atoms with Crippen molar-refractivity contribution >= 4 is 50.7 Å². The monoisotopic (exact) mass is 623 g/mol. The number of halogens is 5. The number of carbonyl (C=O) groups is 2. The average molecular weight is 625 g/mol. The molecule has 0 aliphatic rings. The fraction of sp³-hybridized carbons (Fsp3) is 0.481. The van der Waals surface area contributed by atoms with Crippen LogP contribution in [0.1, 0.15) is 58.1 Å². The summed E-state index contributed by atoms with van der Waals surface area (Å²) in [5, 5.41) is 3.59. The van der Waals surface area contributed by atoms with Gasteiger partial charge in [0.05, 0.1) is 17.5 Å². The summed E-state index contributed by atoms with van der Waals surface area (Å²) in [6.45, 7) is 6.95. The third kappa shape index (κ3) is 9.85. The molecule has 0 aliphatic carbocycles. The van der Waals surface area contributed by atoms with E-state index in [1.165, 1.54) is 17.0 Å². The molecule has 0 saturated carbocycles. The Labute approximate surface area is 243 Å². The third-order valence-corrected chi connectivity index (χ3v) is 7.63. The van der Waals surface area contributed by atoms with Gasteiger partial charge in [0.2, 0.25) is 21.8 Å². The Morgan fingerprint density at radius 1 is 1.05 bits per heavy atom. The molecular formula is C27H34Cl2F3N3O4S. The lowest BCUT2D eigenvalue weighted by Gasteiger charge is -2.33. The molecule has 2 aromatic carbocycles. The van der Waals surface area contributed by atoms with Crippen molar-refractivity contribution in [2.45, 2.75) is 71.3 Å². The van der Waals surface area contributed by atoms with E-state index in [0.29, 0.717) is 22.0 Å². The van der Waals surface area contributed by atoms with Crippen molar-refractivity contribution in [1.29, 1.82) is 0 Å². The Kier molecular flexibility index (Phi) is 11.3. The zero-order valence-electron chi connectivity index (χ0n) is 23.0. The first-order valence-electron chi connectivity index (χ1n) is 12.5. The topological polar surface area (TPSA) is 86.8 Å². The first kappa shape index (κ1) is 33.7. The van der Waals surface area contributed by atoms with Crippen molar-refractivity contribution < 1.29 is 31.2 Å². The minimum absolute atomic E-state index is 0.00563. The molecule has 1 N–H and O–H groups in total. The summed E-state index contributed by atoms with van der Waals surface area (Å²) in [4.78, 5) is 28.0. The maximum absolute atomic E-state index is 13.5. The highest BCUT2D eigenvalue weighted by molar-refractivity contribution is 7.92. The number of rotatable bonds is 11. The molecule has 0 saturated heterocycles. The fourth-order valence-electron chi connectivity index (χ4n) is 4.05. The van der Waals surface area contributed by atoms with Crippen molar-refractivity contribution in [3.05, 3.63) is 63.6 Å². The number of benzene rings is 2. The Bertz CT molecular complexity index is 1310. The van der Waals surface area contributed by atoms with Crippen molar-refractivity contribution in [2.75, 3.05) is 17.1 Å². The van der Waals surface area contributed by atoms with Gasteiger partial charge in [0.15, 0.2) is 0 Å². The zero-order valence-corrected chi connectivity index (χ0v) is 25.3. The van der Waals surface area contributed by atoms with Crippen LogP contribution >= 0.6 is 23.2 Å². The Hall–Kier alpha value is -2.50. The number of nitrogens with zero attached hydrogens (tertiary/aromatic N) is 2. The lowest BCUT2D eigenvalue weighted by atomic mass is 10.0. The number of hydrogen-bond acceptors (Lipinski definition) is 4. The van der Waals surface area contributed by atoms with Gasteiger partial charge in [-0.3, -0.25) is 13.9 Å². The number of hydrogen-bond donors (Lipinski definition) is 1. The maximum atomic E-state index is 13.5. The van der Waals surface area contributed by atoms with Gasteiger partial charge in [0.25, 0.3) is 0 Å². The second kappa shape index (κ2) is 13.4. The molecule has 2 rings (SSSR count). The van der Waals surface area contributed by atoms with Crippen LogP contribution in [0.3, 0.4) is 0 Å². The van der Waals surface area contributed by atoms with E-state index in [1.807, 2.05) is 20.8 Å². The van der Waals surface area contributed by atoms with Crippen LogP contribution < -0.4 is 9.62 Å². The molecule has 0 unspecified atom stereocenters. The van der Waals surface area contributed by atoms with Gasteiger partial charge < -0.3 is 10.2 Å². The van der Waals surface area contributed by atoms with Crippen LogP contribution in [0.2, 0.25) is 10.0 Å². The highest BCUT2D eigenvalue weighted by Gasteiger charge is 2.33.